The molecule has 0 heterocycles. The van der Waals surface area contributed by atoms with Crippen LogP contribution in [0.15, 0.2) is 60.7 Å². The van der Waals surface area contributed by atoms with E-state index >= 15 is 0 Å². The van der Waals surface area contributed by atoms with Gasteiger partial charge < -0.3 is 0 Å². The van der Waals surface area contributed by atoms with Crippen LogP contribution in [0.5, 0.6) is 0 Å². The van der Waals surface area contributed by atoms with Gasteiger partial charge in [0.15, 0.2) is 0 Å². The Hall–Kier alpha value is -1.60. The van der Waals surface area contributed by atoms with Gasteiger partial charge in [0.05, 0.1) is 0 Å². The summed E-state index contributed by atoms with van der Waals surface area (Å²) in [6, 6.07) is 21.1. The molecule has 0 bridgehead atoms. The minimum atomic E-state index is 0.996. The maximum atomic E-state index is 2.32. The van der Waals surface area contributed by atoms with Gasteiger partial charge in [-0.15, -0.1) is 0 Å². The average molecular weight is 211 g/mol. The van der Waals surface area contributed by atoms with Crippen LogP contribution in [0.2, 0.25) is 0 Å². The lowest BCUT2D eigenvalue weighted by molar-refractivity contribution is 0.468. The summed E-state index contributed by atoms with van der Waals surface area (Å²) < 4.78 is 0. The molecule has 0 aliphatic heterocycles. The van der Waals surface area contributed by atoms with Crippen LogP contribution in [-0.4, -0.2) is 7.05 Å². The van der Waals surface area contributed by atoms with Crippen LogP contribution in [0.4, 0.5) is 0 Å². The lowest BCUT2D eigenvalue weighted by Gasteiger charge is -2.07. The maximum Gasteiger partial charge on any atom is 0.148 e. The molecule has 0 aromatic heterocycles. The zero-order valence-corrected chi connectivity index (χ0v) is 9.63. The summed E-state index contributed by atoms with van der Waals surface area (Å²) in [6.45, 7) is 1.99. The molecule has 2 aromatic rings. The molecule has 0 atom stereocenters. The fourth-order valence-corrected chi connectivity index (χ4v) is 1.85. The molecule has 0 aliphatic carbocycles. The highest BCUT2D eigenvalue weighted by molar-refractivity contribution is 5.17. The Morgan fingerprint density at radius 2 is 1.06 bits per heavy atom. The summed E-state index contributed by atoms with van der Waals surface area (Å²) in [5, 5.41) is 0. The standard InChI is InChI=1S/C15H17N/c1-16(12-14-8-4-2-5-9-14)13-15-10-6-3-7-11-15/h2-11H,12-13H2,1H3/q+1. The van der Waals surface area contributed by atoms with E-state index in [2.05, 4.69) is 72.6 Å². The summed E-state index contributed by atoms with van der Waals surface area (Å²) >= 11 is 0. The van der Waals surface area contributed by atoms with Crippen molar-refractivity contribution in [3.05, 3.63) is 71.8 Å². The monoisotopic (exact) mass is 211 g/mol. The van der Waals surface area contributed by atoms with Crippen molar-refractivity contribution >= 4 is 0 Å². The Morgan fingerprint density at radius 1 is 0.688 bits per heavy atom. The minimum absolute atomic E-state index is 0.996. The number of hydrogen-bond donors (Lipinski definition) is 0. The van der Waals surface area contributed by atoms with E-state index < -0.39 is 0 Å². The quantitative estimate of drug-likeness (QED) is 0.685. The van der Waals surface area contributed by atoms with Crippen LogP contribution in [0.1, 0.15) is 11.1 Å². The first-order valence-electron chi connectivity index (χ1n) is 5.61. The molecule has 0 amide bonds. The summed E-state index contributed by atoms with van der Waals surface area (Å²) in [4.78, 5) is 2.32. The van der Waals surface area contributed by atoms with Gasteiger partial charge >= 0.3 is 0 Å². The summed E-state index contributed by atoms with van der Waals surface area (Å²) in [7, 11) is 2.15. The highest BCUT2D eigenvalue weighted by atomic mass is 15.1. The third-order valence-corrected chi connectivity index (χ3v) is 2.59. The second-order valence-corrected chi connectivity index (χ2v) is 4.14. The predicted molar refractivity (Wildman–Crippen MR) is 68.4 cm³/mol. The molecule has 2 aromatic carbocycles. The van der Waals surface area contributed by atoms with Crippen LogP contribution >= 0.6 is 0 Å². The van der Waals surface area contributed by atoms with E-state index in [4.69, 9.17) is 0 Å². The van der Waals surface area contributed by atoms with E-state index in [0.717, 1.165) is 13.1 Å². The Labute approximate surface area is 97.3 Å². The summed E-state index contributed by atoms with van der Waals surface area (Å²) in [5.41, 5.74) is 2.72. The van der Waals surface area contributed by atoms with Crippen molar-refractivity contribution in [1.29, 1.82) is 0 Å². The molecule has 0 N–H and O–H groups in total. The molecule has 0 unspecified atom stereocenters. The molecule has 0 saturated carbocycles. The normalized spacial score (nSPS) is 10.6. The fourth-order valence-electron chi connectivity index (χ4n) is 1.85. The Balaban J connectivity index is 1.92. The van der Waals surface area contributed by atoms with Gasteiger partial charge in [0.25, 0.3) is 0 Å². The van der Waals surface area contributed by atoms with Gasteiger partial charge in [0.1, 0.15) is 20.1 Å². The highest BCUT2D eigenvalue weighted by Gasteiger charge is 2.09. The zero-order chi connectivity index (χ0) is 11.2. The Bertz CT molecular complexity index is 366. The Morgan fingerprint density at radius 3 is 1.44 bits per heavy atom. The number of hydrogen-bond acceptors (Lipinski definition) is 1. The second kappa shape index (κ2) is 5.47. The van der Waals surface area contributed by atoms with Crippen molar-refractivity contribution in [3.8, 4) is 0 Å². The van der Waals surface area contributed by atoms with E-state index in [1.807, 2.05) is 0 Å². The molecular weight excluding hydrogens is 194 g/mol. The van der Waals surface area contributed by atoms with E-state index in [1.165, 1.54) is 11.1 Å². The van der Waals surface area contributed by atoms with Crippen LogP contribution in [0.3, 0.4) is 0 Å². The molecule has 1 nitrogen and oxygen atoms in total. The van der Waals surface area contributed by atoms with Crippen molar-refractivity contribution in [2.24, 2.45) is 0 Å². The smallest absolute Gasteiger partial charge is 0.148 e. The SMILES string of the molecule is C[N+](Cc1ccccc1)Cc1ccccc1. The molecule has 1 heteroatoms. The van der Waals surface area contributed by atoms with Gasteiger partial charge in [-0.3, -0.25) is 0 Å². The molecule has 0 spiro atoms. The fraction of sp³-hybridized carbons (Fsp3) is 0.200. The van der Waals surface area contributed by atoms with Crippen molar-refractivity contribution in [1.82, 2.24) is 4.90 Å². The van der Waals surface area contributed by atoms with Gasteiger partial charge in [-0.25, -0.2) is 0 Å². The summed E-state index contributed by atoms with van der Waals surface area (Å²) in [5.74, 6) is 0. The second-order valence-electron chi connectivity index (χ2n) is 4.14. The van der Waals surface area contributed by atoms with Gasteiger partial charge in [-0.05, 0) is 0 Å². The third kappa shape index (κ3) is 3.21. The number of nitrogens with zero attached hydrogens (tertiary/aromatic N) is 1. The lowest BCUT2D eigenvalue weighted by atomic mass is 10.2. The Kier molecular flexibility index (Phi) is 3.73. The van der Waals surface area contributed by atoms with Crippen LogP contribution < -0.4 is 4.90 Å². The number of rotatable bonds is 4. The highest BCUT2D eigenvalue weighted by Crippen LogP contribution is 2.05. The molecule has 0 aliphatic rings. The molecule has 0 saturated heterocycles. The van der Waals surface area contributed by atoms with Crippen LogP contribution in [0.25, 0.3) is 0 Å². The van der Waals surface area contributed by atoms with Gasteiger partial charge in [0.2, 0.25) is 0 Å². The van der Waals surface area contributed by atoms with E-state index in [1.54, 1.807) is 0 Å². The van der Waals surface area contributed by atoms with Crippen LogP contribution in [-0.2, 0) is 13.1 Å². The minimum Gasteiger partial charge on any atom is -0.164 e. The summed E-state index contributed by atoms with van der Waals surface area (Å²) in [6.07, 6.45) is 0. The van der Waals surface area contributed by atoms with Crippen molar-refractivity contribution in [2.75, 3.05) is 7.05 Å². The molecule has 2 rings (SSSR count). The molecule has 0 fully saturated rings. The molecule has 1 radical (unpaired) electrons. The van der Waals surface area contributed by atoms with Gasteiger partial charge in [0, 0.05) is 11.1 Å². The number of benzene rings is 2. The first-order valence-corrected chi connectivity index (χ1v) is 5.61. The van der Waals surface area contributed by atoms with E-state index in [0.29, 0.717) is 0 Å². The van der Waals surface area contributed by atoms with Crippen molar-refractivity contribution < 1.29 is 0 Å². The van der Waals surface area contributed by atoms with Crippen molar-refractivity contribution in [2.45, 2.75) is 13.1 Å². The zero-order valence-electron chi connectivity index (χ0n) is 9.63. The first-order chi connectivity index (χ1) is 7.84. The van der Waals surface area contributed by atoms with Gasteiger partial charge in [-0.2, -0.15) is 4.90 Å². The van der Waals surface area contributed by atoms with E-state index in [-0.39, 0.29) is 0 Å². The average Bonchev–Trinajstić information content (AvgIpc) is 2.31. The van der Waals surface area contributed by atoms with E-state index in [9.17, 15) is 0 Å². The largest absolute Gasteiger partial charge is 0.164 e. The first kappa shape index (κ1) is 10.9. The van der Waals surface area contributed by atoms with Gasteiger partial charge in [-0.1, -0.05) is 60.7 Å². The molecular formula is C15H17N+. The van der Waals surface area contributed by atoms with Crippen LogP contribution in [0, 0.1) is 0 Å². The predicted octanol–water partition coefficient (Wildman–Crippen LogP) is 3.16. The maximum absolute atomic E-state index is 2.32. The topological polar surface area (TPSA) is 5.90 Å². The van der Waals surface area contributed by atoms with Crippen molar-refractivity contribution in [3.63, 3.8) is 0 Å². The molecule has 81 valence electrons. The third-order valence-electron chi connectivity index (χ3n) is 2.59. The lowest BCUT2D eigenvalue weighted by Crippen LogP contribution is -2.23. The molecule has 16 heavy (non-hydrogen) atoms.